The van der Waals surface area contributed by atoms with Crippen molar-refractivity contribution in [2.24, 2.45) is 0 Å². The zero-order valence-corrected chi connectivity index (χ0v) is 15.8. The van der Waals surface area contributed by atoms with Crippen molar-refractivity contribution in [3.05, 3.63) is 29.8 Å². The zero-order valence-electron chi connectivity index (χ0n) is 14.9. The van der Waals surface area contributed by atoms with Gasteiger partial charge in [-0.1, -0.05) is 64.8 Å². The van der Waals surface area contributed by atoms with Crippen LogP contribution in [0.2, 0.25) is 0 Å². The molecule has 1 aliphatic rings. The molecular formula is C19H33N2P. The van der Waals surface area contributed by atoms with Crippen LogP contribution >= 0.6 is 8.22 Å². The Bertz CT molecular complexity index is 423. The molecule has 22 heavy (non-hydrogen) atoms. The maximum absolute atomic E-state index is 2.68. The zero-order chi connectivity index (χ0) is 15.9. The molecule has 1 saturated carbocycles. The Balaban J connectivity index is 2.41. The smallest absolute Gasteiger partial charge is 0.0727 e. The van der Waals surface area contributed by atoms with Gasteiger partial charge in [0.25, 0.3) is 0 Å². The molecule has 0 spiro atoms. The molecule has 124 valence electrons. The standard InChI is InChI=1S/C19H33N2P/c1-5-20(6-2)22(21(7-3)8-4)19-16-12-11-15-18(19)17-13-9-10-14-17/h11-12,15-17H,5-10,13-14H2,1-4H3. The van der Waals surface area contributed by atoms with Gasteiger partial charge in [-0.25, -0.2) is 0 Å². The van der Waals surface area contributed by atoms with E-state index in [2.05, 4.69) is 61.3 Å². The van der Waals surface area contributed by atoms with Crippen LogP contribution in [0.5, 0.6) is 0 Å². The second kappa shape index (κ2) is 9.01. The lowest BCUT2D eigenvalue weighted by Gasteiger charge is -2.39. The van der Waals surface area contributed by atoms with E-state index >= 15 is 0 Å². The molecule has 0 bridgehead atoms. The minimum absolute atomic E-state index is 0.353. The topological polar surface area (TPSA) is 6.48 Å². The summed E-state index contributed by atoms with van der Waals surface area (Å²) < 4.78 is 5.35. The Morgan fingerprint density at radius 1 is 0.864 bits per heavy atom. The van der Waals surface area contributed by atoms with Crippen molar-refractivity contribution in [2.75, 3.05) is 26.2 Å². The lowest BCUT2D eigenvalue weighted by molar-refractivity contribution is 0.430. The molecule has 0 unspecified atom stereocenters. The van der Waals surface area contributed by atoms with Gasteiger partial charge in [-0.05, 0) is 24.3 Å². The molecule has 2 nitrogen and oxygen atoms in total. The second-order valence-electron chi connectivity index (χ2n) is 6.11. The van der Waals surface area contributed by atoms with Gasteiger partial charge in [0.05, 0.1) is 8.22 Å². The first kappa shape index (κ1) is 17.9. The van der Waals surface area contributed by atoms with E-state index in [1.54, 1.807) is 10.9 Å². The van der Waals surface area contributed by atoms with E-state index in [0.29, 0.717) is 0 Å². The fourth-order valence-corrected chi connectivity index (χ4v) is 6.46. The molecule has 0 aliphatic heterocycles. The first-order chi connectivity index (χ1) is 10.8. The minimum atomic E-state index is -0.353. The number of benzene rings is 1. The van der Waals surface area contributed by atoms with Crippen molar-refractivity contribution in [3.8, 4) is 0 Å². The van der Waals surface area contributed by atoms with Crippen LogP contribution < -0.4 is 5.30 Å². The maximum Gasteiger partial charge on any atom is 0.0727 e. The van der Waals surface area contributed by atoms with Gasteiger partial charge in [0.1, 0.15) is 0 Å². The van der Waals surface area contributed by atoms with Crippen molar-refractivity contribution in [1.82, 2.24) is 9.34 Å². The van der Waals surface area contributed by atoms with Crippen LogP contribution in [-0.4, -0.2) is 35.5 Å². The van der Waals surface area contributed by atoms with Crippen LogP contribution in [-0.2, 0) is 0 Å². The molecule has 1 aromatic carbocycles. The van der Waals surface area contributed by atoms with Crippen LogP contribution in [0.4, 0.5) is 0 Å². The first-order valence-electron chi connectivity index (χ1n) is 9.15. The van der Waals surface area contributed by atoms with Crippen LogP contribution in [0.15, 0.2) is 24.3 Å². The largest absolute Gasteiger partial charge is 0.267 e. The highest BCUT2D eigenvalue weighted by Gasteiger charge is 2.29. The van der Waals surface area contributed by atoms with Crippen LogP contribution in [0.25, 0.3) is 0 Å². The van der Waals surface area contributed by atoms with E-state index in [1.807, 2.05) is 0 Å². The number of hydrogen-bond donors (Lipinski definition) is 0. The quantitative estimate of drug-likeness (QED) is 0.624. The fraction of sp³-hybridized carbons (Fsp3) is 0.684. The Hall–Kier alpha value is -0.430. The molecule has 0 N–H and O–H groups in total. The average molecular weight is 320 g/mol. The molecule has 2 rings (SSSR count). The summed E-state index contributed by atoms with van der Waals surface area (Å²) in [5.41, 5.74) is 1.64. The molecule has 0 atom stereocenters. The Morgan fingerprint density at radius 3 is 1.86 bits per heavy atom. The molecule has 1 aliphatic carbocycles. The van der Waals surface area contributed by atoms with Crippen LogP contribution in [0, 0.1) is 0 Å². The molecule has 0 heterocycles. The monoisotopic (exact) mass is 320 g/mol. The van der Waals surface area contributed by atoms with Gasteiger partial charge in [-0.3, -0.25) is 9.34 Å². The average Bonchev–Trinajstić information content (AvgIpc) is 3.10. The Kier molecular flexibility index (Phi) is 7.34. The number of nitrogens with zero attached hydrogens (tertiary/aromatic N) is 2. The van der Waals surface area contributed by atoms with Crippen molar-refractivity contribution in [1.29, 1.82) is 0 Å². The summed E-state index contributed by atoms with van der Waals surface area (Å²) in [7, 11) is -0.353. The maximum atomic E-state index is 2.68. The summed E-state index contributed by atoms with van der Waals surface area (Å²) in [5, 5.41) is 1.62. The molecule has 0 aromatic heterocycles. The van der Waals surface area contributed by atoms with Crippen LogP contribution in [0.3, 0.4) is 0 Å². The third-order valence-corrected chi connectivity index (χ3v) is 7.98. The van der Waals surface area contributed by atoms with Gasteiger partial charge in [0.15, 0.2) is 0 Å². The number of rotatable bonds is 8. The molecular weight excluding hydrogens is 287 g/mol. The third-order valence-electron chi connectivity index (χ3n) is 4.94. The number of hydrogen-bond acceptors (Lipinski definition) is 2. The first-order valence-corrected chi connectivity index (χ1v) is 10.4. The minimum Gasteiger partial charge on any atom is -0.267 e. The summed E-state index contributed by atoms with van der Waals surface area (Å²) >= 11 is 0. The van der Waals surface area contributed by atoms with E-state index in [0.717, 1.165) is 32.1 Å². The van der Waals surface area contributed by atoms with Gasteiger partial charge in [-0.15, -0.1) is 0 Å². The highest BCUT2D eigenvalue weighted by Crippen LogP contribution is 2.46. The predicted octanol–water partition coefficient (Wildman–Crippen LogP) is 4.97. The molecule has 0 saturated heterocycles. The third kappa shape index (κ3) is 3.91. The van der Waals surface area contributed by atoms with Crippen molar-refractivity contribution < 1.29 is 0 Å². The SMILES string of the molecule is CCN(CC)P(c1ccccc1C1CCCC1)N(CC)CC. The van der Waals surface area contributed by atoms with E-state index in [9.17, 15) is 0 Å². The van der Waals surface area contributed by atoms with Crippen molar-refractivity contribution >= 4 is 13.5 Å². The summed E-state index contributed by atoms with van der Waals surface area (Å²) in [6.07, 6.45) is 5.59. The lowest BCUT2D eigenvalue weighted by atomic mass is 9.98. The Morgan fingerprint density at radius 2 is 1.36 bits per heavy atom. The summed E-state index contributed by atoms with van der Waals surface area (Å²) in [6.45, 7) is 13.8. The Labute approximate surface area is 138 Å². The van der Waals surface area contributed by atoms with Gasteiger partial charge in [0, 0.05) is 31.5 Å². The molecule has 1 fully saturated rings. The summed E-state index contributed by atoms with van der Waals surface area (Å²) in [4.78, 5) is 0. The van der Waals surface area contributed by atoms with Crippen molar-refractivity contribution in [2.45, 2.75) is 59.3 Å². The van der Waals surface area contributed by atoms with Gasteiger partial charge < -0.3 is 0 Å². The van der Waals surface area contributed by atoms with E-state index in [4.69, 9.17) is 0 Å². The molecule has 3 heteroatoms. The van der Waals surface area contributed by atoms with E-state index in [1.165, 1.54) is 25.7 Å². The van der Waals surface area contributed by atoms with E-state index < -0.39 is 0 Å². The molecule has 0 radical (unpaired) electrons. The highest BCUT2D eigenvalue weighted by atomic mass is 31.1. The lowest BCUT2D eigenvalue weighted by Crippen LogP contribution is -2.35. The normalized spacial score (nSPS) is 16.3. The summed E-state index contributed by atoms with van der Waals surface area (Å²) in [6, 6.07) is 9.31. The van der Waals surface area contributed by atoms with E-state index in [-0.39, 0.29) is 8.22 Å². The fourth-order valence-electron chi connectivity index (χ4n) is 3.72. The molecule has 0 amide bonds. The van der Waals surface area contributed by atoms with Gasteiger partial charge in [-0.2, -0.15) is 0 Å². The van der Waals surface area contributed by atoms with Crippen LogP contribution in [0.1, 0.15) is 64.9 Å². The van der Waals surface area contributed by atoms with Gasteiger partial charge >= 0.3 is 0 Å². The van der Waals surface area contributed by atoms with Crippen molar-refractivity contribution in [3.63, 3.8) is 0 Å². The highest BCUT2D eigenvalue weighted by molar-refractivity contribution is 7.61. The second-order valence-corrected chi connectivity index (χ2v) is 8.30. The van der Waals surface area contributed by atoms with Gasteiger partial charge in [0.2, 0.25) is 0 Å². The predicted molar refractivity (Wildman–Crippen MR) is 100 cm³/mol. The molecule has 1 aromatic rings. The summed E-state index contributed by atoms with van der Waals surface area (Å²) in [5.74, 6) is 0.798.